The Morgan fingerprint density at radius 3 is 2.62 bits per heavy atom. The van der Waals surface area contributed by atoms with Gasteiger partial charge in [-0.05, 0) is 12.1 Å². The fourth-order valence-electron chi connectivity index (χ4n) is 2.63. The Balaban J connectivity index is 1.71. The average molecular weight is 349 g/mol. The predicted molar refractivity (Wildman–Crippen MR) is 91.5 cm³/mol. The summed E-state index contributed by atoms with van der Waals surface area (Å²) in [4.78, 5) is 20.2. The third kappa shape index (κ3) is 3.33. The molecule has 2 aromatic rings. The van der Waals surface area contributed by atoms with Crippen LogP contribution in [0.5, 0.6) is 0 Å². The Bertz CT molecular complexity index is 748. The van der Waals surface area contributed by atoms with E-state index in [2.05, 4.69) is 25.0 Å². The molecule has 0 unspecified atom stereocenters. The zero-order valence-corrected chi connectivity index (χ0v) is 13.9. The van der Waals surface area contributed by atoms with Crippen LogP contribution in [0, 0.1) is 0 Å². The fraction of sp³-hybridized carbons (Fsp3) is 0.333. The van der Waals surface area contributed by atoms with Gasteiger partial charge in [0.2, 0.25) is 0 Å². The van der Waals surface area contributed by atoms with Crippen LogP contribution in [0.2, 0.25) is 5.15 Å². The summed E-state index contributed by atoms with van der Waals surface area (Å²) < 4.78 is 4.75. The van der Waals surface area contributed by atoms with Gasteiger partial charge in [0.15, 0.2) is 11.0 Å². The molecule has 1 aliphatic heterocycles. The van der Waals surface area contributed by atoms with Crippen molar-refractivity contribution in [2.45, 2.75) is 0 Å². The lowest BCUT2D eigenvalue weighted by molar-refractivity contribution is 0.0600. The summed E-state index contributed by atoms with van der Waals surface area (Å²) >= 11 is 5.90. The average Bonchev–Trinajstić information content (AvgIpc) is 2.63. The van der Waals surface area contributed by atoms with Gasteiger partial charge < -0.3 is 20.3 Å². The lowest BCUT2D eigenvalue weighted by Crippen LogP contribution is -2.47. The van der Waals surface area contributed by atoms with Crippen molar-refractivity contribution in [2.24, 2.45) is 0 Å². The lowest BCUT2D eigenvalue weighted by Gasteiger charge is -2.36. The molecule has 0 aromatic carbocycles. The van der Waals surface area contributed by atoms with E-state index in [1.54, 1.807) is 24.4 Å². The first-order valence-electron chi connectivity index (χ1n) is 7.41. The number of nitrogens with zero attached hydrogens (tertiary/aromatic N) is 5. The molecule has 3 heterocycles. The number of carbonyl (C=O) groups excluding carboxylic acids is 1. The number of ether oxygens (including phenoxy) is 1. The third-order valence-corrected chi connectivity index (χ3v) is 4.07. The number of carbonyl (C=O) groups is 1. The monoisotopic (exact) mass is 348 g/mol. The molecule has 2 aromatic heterocycles. The molecule has 0 bridgehead atoms. The molecule has 0 atom stereocenters. The van der Waals surface area contributed by atoms with Gasteiger partial charge in [-0.2, -0.15) is 0 Å². The van der Waals surface area contributed by atoms with Gasteiger partial charge in [0.05, 0.1) is 18.4 Å². The van der Waals surface area contributed by atoms with Crippen LogP contribution in [0.1, 0.15) is 10.4 Å². The Labute approximate surface area is 144 Å². The predicted octanol–water partition coefficient (Wildman–Crippen LogP) is 1.22. The molecule has 0 saturated carbocycles. The van der Waals surface area contributed by atoms with E-state index < -0.39 is 0 Å². The highest BCUT2D eigenvalue weighted by Gasteiger charge is 2.21. The van der Waals surface area contributed by atoms with E-state index >= 15 is 0 Å². The number of hydrogen-bond donors (Lipinski definition) is 1. The molecule has 3 rings (SSSR count). The summed E-state index contributed by atoms with van der Waals surface area (Å²) in [6.07, 6.45) is 1.61. The van der Waals surface area contributed by atoms with Gasteiger partial charge >= 0.3 is 5.97 Å². The van der Waals surface area contributed by atoms with E-state index in [0.29, 0.717) is 16.5 Å². The molecule has 1 saturated heterocycles. The number of nitrogens with two attached hydrogens (primary N) is 1. The summed E-state index contributed by atoms with van der Waals surface area (Å²) in [7, 11) is 1.36. The van der Waals surface area contributed by atoms with E-state index in [1.807, 2.05) is 0 Å². The summed E-state index contributed by atoms with van der Waals surface area (Å²) in [6, 6.07) is 5.09. The van der Waals surface area contributed by atoms with E-state index in [1.165, 1.54) is 7.11 Å². The molecule has 24 heavy (non-hydrogen) atoms. The zero-order valence-electron chi connectivity index (χ0n) is 13.1. The van der Waals surface area contributed by atoms with Gasteiger partial charge in [-0.3, -0.25) is 0 Å². The van der Waals surface area contributed by atoms with Crippen molar-refractivity contribution in [1.29, 1.82) is 0 Å². The van der Waals surface area contributed by atoms with Gasteiger partial charge in [-0.1, -0.05) is 11.6 Å². The van der Waals surface area contributed by atoms with Crippen LogP contribution in [-0.2, 0) is 4.74 Å². The SMILES string of the molecule is COC(=O)c1ccnc(N2CCN(c3cc(Cl)nnc3N)CC2)c1. The van der Waals surface area contributed by atoms with Crippen LogP contribution in [0.3, 0.4) is 0 Å². The molecule has 0 radical (unpaired) electrons. The highest BCUT2D eigenvalue weighted by atomic mass is 35.5. The maximum atomic E-state index is 11.6. The third-order valence-electron chi connectivity index (χ3n) is 3.88. The number of piperazine rings is 1. The van der Waals surface area contributed by atoms with Crippen LogP contribution in [-0.4, -0.2) is 54.4 Å². The molecule has 0 aliphatic carbocycles. The molecule has 9 heteroatoms. The summed E-state index contributed by atoms with van der Waals surface area (Å²) in [5.41, 5.74) is 7.15. The molecule has 0 amide bonds. The number of anilines is 3. The molecule has 8 nitrogen and oxygen atoms in total. The lowest BCUT2D eigenvalue weighted by atomic mass is 10.2. The number of esters is 1. The minimum atomic E-state index is -0.373. The summed E-state index contributed by atoms with van der Waals surface area (Å²) in [5.74, 6) is 0.734. The smallest absolute Gasteiger partial charge is 0.338 e. The molecule has 1 fully saturated rings. The summed E-state index contributed by atoms with van der Waals surface area (Å²) in [6.45, 7) is 2.93. The van der Waals surface area contributed by atoms with Crippen LogP contribution in [0.25, 0.3) is 0 Å². The Morgan fingerprint density at radius 1 is 1.21 bits per heavy atom. The first-order chi connectivity index (χ1) is 11.6. The quantitative estimate of drug-likeness (QED) is 0.827. The molecule has 1 aliphatic rings. The Kier molecular flexibility index (Phi) is 4.66. The second kappa shape index (κ2) is 6.88. The number of nitrogen functional groups attached to an aromatic ring is 1. The minimum absolute atomic E-state index is 0.314. The zero-order chi connectivity index (χ0) is 17.1. The molecule has 126 valence electrons. The number of hydrogen-bond acceptors (Lipinski definition) is 8. The van der Waals surface area contributed by atoms with Crippen molar-refractivity contribution in [3.8, 4) is 0 Å². The number of rotatable bonds is 3. The first-order valence-corrected chi connectivity index (χ1v) is 7.79. The van der Waals surface area contributed by atoms with E-state index in [9.17, 15) is 4.79 Å². The largest absolute Gasteiger partial charge is 0.465 e. The van der Waals surface area contributed by atoms with Crippen molar-refractivity contribution < 1.29 is 9.53 Å². The highest BCUT2D eigenvalue weighted by Crippen LogP contribution is 2.25. The minimum Gasteiger partial charge on any atom is -0.465 e. The normalized spacial score (nSPS) is 14.6. The molecule has 2 N–H and O–H groups in total. The van der Waals surface area contributed by atoms with Crippen molar-refractivity contribution in [1.82, 2.24) is 15.2 Å². The standard InChI is InChI=1S/C15H17ClN6O2/c1-24-15(23)10-2-3-18-13(8-10)22-6-4-21(5-7-22)11-9-12(16)19-20-14(11)17/h2-3,8-9H,4-7H2,1H3,(H2,17,20). The van der Waals surface area contributed by atoms with Gasteiger partial charge in [0.25, 0.3) is 0 Å². The van der Waals surface area contributed by atoms with Gasteiger partial charge in [0.1, 0.15) is 5.82 Å². The number of methoxy groups -OCH3 is 1. The number of halogens is 1. The first kappa shape index (κ1) is 16.3. The maximum Gasteiger partial charge on any atom is 0.338 e. The van der Waals surface area contributed by atoms with Gasteiger partial charge in [0, 0.05) is 38.4 Å². The van der Waals surface area contributed by atoms with E-state index in [0.717, 1.165) is 37.7 Å². The Hall–Kier alpha value is -2.61. The topological polar surface area (TPSA) is 97.5 Å². The van der Waals surface area contributed by atoms with Gasteiger partial charge in [-0.25, -0.2) is 9.78 Å². The van der Waals surface area contributed by atoms with Crippen molar-refractivity contribution in [3.63, 3.8) is 0 Å². The van der Waals surface area contributed by atoms with Crippen LogP contribution >= 0.6 is 11.6 Å². The Morgan fingerprint density at radius 2 is 1.92 bits per heavy atom. The number of aromatic nitrogens is 3. The van der Waals surface area contributed by atoms with Crippen LogP contribution in [0.4, 0.5) is 17.3 Å². The fourth-order valence-corrected chi connectivity index (χ4v) is 2.78. The second-order valence-corrected chi connectivity index (χ2v) is 5.69. The number of pyridine rings is 1. The van der Waals surface area contributed by atoms with E-state index in [-0.39, 0.29) is 5.97 Å². The van der Waals surface area contributed by atoms with Crippen molar-refractivity contribution in [3.05, 3.63) is 35.1 Å². The molecular weight excluding hydrogens is 332 g/mol. The van der Waals surface area contributed by atoms with Gasteiger partial charge in [-0.15, -0.1) is 10.2 Å². The highest BCUT2D eigenvalue weighted by molar-refractivity contribution is 6.29. The maximum absolute atomic E-state index is 11.6. The van der Waals surface area contributed by atoms with E-state index in [4.69, 9.17) is 22.1 Å². The summed E-state index contributed by atoms with van der Waals surface area (Å²) in [5, 5.41) is 7.89. The molecular formula is C15H17ClN6O2. The molecule has 0 spiro atoms. The van der Waals surface area contributed by atoms with Crippen LogP contribution in [0.15, 0.2) is 24.4 Å². The van der Waals surface area contributed by atoms with Crippen LogP contribution < -0.4 is 15.5 Å². The van der Waals surface area contributed by atoms with Crippen molar-refractivity contribution in [2.75, 3.05) is 48.8 Å². The van der Waals surface area contributed by atoms with Crippen molar-refractivity contribution >= 4 is 34.9 Å². The second-order valence-electron chi connectivity index (χ2n) is 5.31.